The second-order valence-corrected chi connectivity index (χ2v) is 7.84. The SMILES string of the molecule is CCCCCCCCN(CP(=O)([O-])[O-])CP(=O)(O)O.[Na+].[Na+]. The van der Waals surface area contributed by atoms with Crippen molar-refractivity contribution in [1.29, 1.82) is 0 Å². The molecule has 11 heteroatoms. The van der Waals surface area contributed by atoms with Crippen molar-refractivity contribution >= 4 is 15.2 Å². The van der Waals surface area contributed by atoms with E-state index >= 15 is 0 Å². The van der Waals surface area contributed by atoms with Crippen molar-refractivity contribution in [2.45, 2.75) is 45.4 Å². The summed E-state index contributed by atoms with van der Waals surface area (Å²) in [7, 11) is -9.14. The summed E-state index contributed by atoms with van der Waals surface area (Å²) in [6.07, 6.45) is 4.34. The quantitative estimate of drug-likeness (QED) is 0.214. The van der Waals surface area contributed by atoms with Gasteiger partial charge in [0.05, 0.1) is 0 Å². The Labute approximate surface area is 171 Å². The molecule has 0 saturated heterocycles. The van der Waals surface area contributed by atoms with Gasteiger partial charge in [-0.3, -0.25) is 9.46 Å². The normalized spacial score (nSPS) is 11.9. The largest absolute Gasteiger partial charge is 1.00 e. The van der Waals surface area contributed by atoms with Gasteiger partial charge in [-0.25, -0.2) is 0 Å². The first-order chi connectivity index (χ1) is 8.64. The van der Waals surface area contributed by atoms with Crippen molar-refractivity contribution in [3.63, 3.8) is 0 Å². The molecule has 0 amide bonds. The van der Waals surface area contributed by atoms with Crippen LogP contribution in [0.15, 0.2) is 0 Å². The van der Waals surface area contributed by atoms with Crippen LogP contribution < -0.4 is 68.9 Å². The standard InChI is InChI=1S/C10H25NO6P2.2Na/c1-2-3-4-5-6-7-8-11(9-18(12,13)14)10-19(15,16)17;;/h2-10H2,1H3,(H2,12,13,14)(H2,15,16,17);;/q;2*+1/p-2. The van der Waals surface area contributed by atoms with Crippen LogP contribution in [0, 0.1) is 0 Å². The number of nitrogens with zero attached hydrogens (tertiary/aromatic N) is 1. The second kappa shape index (κ2) is 14.6. The monoisotopic (exact) mass is 361 g/mol. The Balaban J connectivity index is -0.00000162. The molecule has 21 heavy (non-hydrogen) atoms. The molecule has 0 aliphatic rings. The molecule has 0 fully saturated rings. The molecule has 0 heterocycles. The maximum absolute atomic E-state index is 10.9. The van der Waals surface area contributed by atoms with Crippen molar-refractivity contribution in [3.05, 3.63) is 0 Å². The van der Waals surface area contributed by atoms with E-state index in [0.717, 1.165) is 37.0 Å². The fourth-order valence-corrected chi connectivity index (χ4v) is 3.46. The Kier molecular flexibility index (Phi) is 19.5. The van der Waals surface area contributed by atoms with Gasteiger partial charge in [0, 0.05) is 6.29 Å². The van der Waals surface area contributed by atoms with Gasteiger partial charge < -0.3 is 24.1 Å². The van der Waals surface area contributed by atoms with E-state index in [1.54, 1.807) is 0 Å². The zero-order valence-corrected chi connectivity index (χ0v) is 19.0. The van der Waals surface area contributed by atoms with Crippen LogP contribution in [-0.2, 0) is 9.13 Å². The van der Waals surface area contributed by atoms with Crippen LogP contribution >= 0.6 is 15.2 Å². The number of hydrogen-bond donors (Lipinski definition) is 2. The van der Waals surface area contributed by atoms with Gasteiger partial charge >= 0.3 is 66.7 Å². The van der Waals surface area contributed by atoms with Crippen molar-refractivity contribution < 1.29 is 87.8 Å². The molecule has 0 radical (unpaired) electrons. The van der Waals surface area contributed by atoms with E-state index in [1.807, 2.05) is 0 Å². The molecule has 0 unspecified atom stereocenters. The van der Waals surface area contributed by atoms with Gasteiger partial charge in [0.25, 0.3) is 0 Å². The smallest absolute Gasteiger partial charge is 0.810 e. The third-order valence-corrected chi connectivity index (χ3v) is 4.10. The molecule has 0 aliphatic carbocycles. The fraction of sp³-hybridized carbons (Fsp3) is 1.00. The Bertz CT molecular complexity index is 312. The molecule has 0 aromatic carbocycles. The van der Waals surface area contributed by atoms with Crippen molar-refractivity contribution in [2.24, 2.45) is 0 Å². The molecule has 0 atom stereocenters. The molecule has 0 saturated carbocycles. The summed E-state index contributed by atoms with van der Waals surface area (Å²) < 4.78 is 21.5. The van der Waals surface area contributed by atoms with Gasteiger partial charge in [-0.2, -0.15) is 0 Å². The minimum absolute atomic E-state index is 0. The topological polar surface area (TPSA) is 124 Å². The summed E-state index contributed by atoms with van der Waals surface area (Å²) in [5.74, 6) is 0. The summed E-state index contributed by atoms with van der Waals surface area (Å²) in [6.45, 7) is 2.31. The van der Waals surface area contributed by atoms with Crippen molar-refractivity contribution in [1.82, 2.24) is 4.90 Å². The van der Waals surface area contributed by atoms with Crippen LogP contribution in [0.25, 0.3) is 0 Å². The molecule has 0 aromatic rings. The Morgan fingerprint density at radius 1 is 0.905 bits per heavy atom. The Morgan fingerprint density at radius 3 is 1.81 bits per heavy atom. The average Bonchev–Trinajstić information content (AvgIpc) is 2.18. The number of unbranched alkanes of at least 4 members (excludes halogenated alkanes) is 5. The van der Waals surface area contributed by atoms with E-state index in [9.17, 15) is 18.9 Å². The zero-order chi connectivity index (χ0) is 14.9. The maximum Gasteiger partial charge on any atom is 1.00 e. The minimum atomic E-state index is -4.79. The van der Waals surface area contributed by atoms with Crippen LogP contribution in [0.2, 0.25) is 0 Å². The third kappa shape index (κ3) is 22.3. The minimum Gasteiger partial charge on any atom is -0.810 e. The van der Waals surface area contributed by atoms with Crippen LogP contribution in [0.1, 0.15) is 45.4 Å². The predicted molar refractivity (Wildman–Crippen MR) is 69.5 cm³/mol. The fourth-order valence-electron chi connectivity index (χ4n) is 1.81. The first-order valence-corrected chi connectivity index (χ1v) is 9.94. The predicted octanol–water partition coefficient (Wildman–Crippen LogP) is -5.34. The van der Waals surface area contributed by atoms with Gasteiger partial charge in [-0.1, -0.05) is 46.6 Å². The van der Waals surface area contributed by atoms with Crippen molar-refractivity contribution in [2.75, 3.05) is 19.1 Å². The van der Waals surface area contributed by atoms with Crippen molar-refractivity contribution in [3.8, 4) is 0 Å². The number of rotatable bonds is 11. The van der Waals surface area contributed by atoms with Crippen LogP contribution in [-0.4, -0.2) is 33.8 Å². The molecule has 2 N–H and O–H groups in total. The first-order valence-electron chi connectivity index (χ1n) is 6.42. The average molecular weight is 361 g/mol. The molecular formula is C10H23NNa2O6P2. The van der Waals surface area contributed by atoms with E-state index in [2.05, 4.69) is 6.92 Å². The van der Waals surface area contributed by atoms with E-state index in [4.69, 9.17) is 9.79 Å². The maximum atomic E-state index is 10.9. The van der Waals surface area contributed by atoms with Crippen LogP contribution in [0.4, 0.5) is 0 Å². The van der Waals surface area contributed by atoms with Gasteiger partial charge in [-0.15, -0.1) is 0 Å². The second-order valence-electron chi connectivity index (χ2n) is 4.72. The Morgan fingerprint density at radius 2 is 1.38 bits per heavy atom. The molecule has 7 nitrogen and oxygen atoms in total. The molecule has 0 bridgehead atoms. The molecule has 0 spiro atoms. The summed E-state index contributed by atoms with van der Waals surface area (Å²) in [5, 5.41) is 0. The van der Waals surface area contributed by atoms with E-state index in [-0.39, 0.29) is 65.7 Å². The summed E-state index contributed by atoms with van der Waals surface area (Å²) in [5.41, 5.74) is 0. The molecule has 0 aromatic heterocycles. The summed E-state index contributed by atoms with van der Waals surface area (Å²) in [6, 6.07) is 0. The molecule has 0 rings (SSSR count). The molecule has 116 valence electrons. The van der Waals surface area contributed by atoms with Gasteiger partial charge in [0.1, 0.15) is 6.29 Å². The van der Waals surface area contributed by atoms with Crippen LogP contribution in [0.5, 0.6) is 0 Å². The number of hydrogen-bond acceptors (Lipinski definition) is 5. The zero-order valence-electron chi connectivity index (χ0n) is 13.2. The van der Waals surface area contributed by atoms with E-state index in [1.165, 1.54) is 0 Å². The van der Waals surface area contributed by atoms with Gasteiger partial charge in [0.15, 0.2) is 0 Å². The third-order valence-electron chi connectivity index (χ3n) is 2.59. The summed E-state index contributed by atoms with van der Waals surface area (Å²) in [4.78, 5) is 40.1. The molecular weight excluding hydrogens is 338 g/mol. The summed E-state index contributed by atoms with van der Waals surface area (Å²) >= 11 is 0. The van der Waals surface area contributed by atoms with Crippen LogP contribution in [0.3, 0.4) is 0 Å². The van der Waals surface area contributed by atoms with Gasteiger partial charge in [0.2, 0.25) is 0 Å². The van der Waals surface area contributed by atoms with E-state index < -0.39 is 27.8 Å². The first kappa shape index (κ1) is 28.1. The van der Waals surface area contributed by atoms with E-state index in [0.29, 0.717) is 6.42 Å². The van der Waals surface area contributed by atoms with Gasteiger partial charge in [-0.05, 0) is 13.0 Å². The molecule has 0 aliphatic heterocycles. The Hall–Kier alpha value is 2.26.